The number of methoxy groups -OCH3 is 1. The summed E-state index contributed by atoms with van der Waals surface area (Å²) in [4.78, 5) is 13.1. The number of benzene rings is 1. The zero-order chi connectivity index (χ0) is 13.1. The molecule has 92 valence electrons. The van der Waals surface area contributed by atoms with Gasteiger partial charge in [0, 0.05) is 0 Å². The number of hydrogen-bond donors (Lipinski definition) is 1. The maximum atomic E-state index is 11.7. The predicted octanol–water partition coefficient (Wildman–Crippen LogP) is 1.12. The smallest absolute Gasteiger partial charge is 0.233 e. The molecule has 1 aliphatic rings. The molecule has 0 aliphatic carbocycles. The van der Waals surface area contributed by atoms with Gasteiger partial charge in [0.15, 0.2) is 0 Å². The average molecular weight is 243 g/mol. The molecule has 0 unspecified atom stereocenters. The van der Waals surface area contributed by atoms with Crippen molar-refractivity contribution in [2.24, 2.45) is 5.73 Å². The van der Waals surface area contributed by atoms with Crippen LogP contribution in [-0.2, 0) is 11.3 Å². The monoisotopic (exact) mass is 243 g/mol. The Balaban J connectivity index is 2.16. The summed E-state index contributed by atoms with van der Waals surface area (Å²) < 4.78 is 5.06. The van der Waals surface area contributed by atoms with Gasteiger partial charge in [-0.15, -0.1) is 0 Å². The van der Waals surface area contributed by atoms with Crippen molar-refractivity contribution in [1.29, 1.82) is 5.26 Å². The quantitative estimate of drug-likeness (QED) is 0.862. The van der Waals surface area contributed by atoms with Gasteiger partial charge < -0.3 is 10.5 Å². The van der Waals surface area contributed by atoms with E-state index < -0.39 is 0 Å². The van der Waals surface area contributed by atoms with Gasteiger partial charge >= 0.3 is 0 Å². The molecule has 1 aromatic rings. The fourth-order valence-corrected chi connectivity index (χ4v) is 1.82. The minimum absolute atomic E-state index is 0.0957. The molecule has 1 aliphatic heterocycles. The van der Waals surface area contributed by atoms with Crippen LogP contribution < -0.4 is 10.5 Å². The first-order chi connectivity index (χ1) is 8.65. The number of hydrogen-bond acceptors (Lipinski definition) is 4. The Kier molecular flexibility index (Phi) is 3.20. The Bertz CT molecular complexity index is 540. The highest BCUT2D eigenvalue weighted by Crippen LogP contribution is 2.22. The van der Waals surface area contributed by atoms with E-state index in [0.29, 0.717) is 12.1 Å². The van der Waals surface area contributed by atoms with Crippen molar-refractivity contribution in [2.75, 3.05) is 7.11 Å². The van der Waals surface area contributed by atoms with Gasteiger partial charge in [-0.25, -0.2) is 0 Å². The number of carbonyl (C=O) groups excluding carboxylic acids is 1. The first-order valence-electron chi connectivity index (χ1n) is 5.47. The van der Waals surface area contributed by atoms with Gasteiger partial charge in [0.2, 0.25) is 5.91 Å². The van der Waals surface area contributed by atoms with Crippen LogP contribution in [0.1, 0.15) is 12.0 Å². The van der Waals surface area contributed by atoms with E-state index in [1.165, 1.54) is 4.90 Å². The Labute approximate surface area is 105 Å². The summed E-state index contributed by atoms with van der Waals surface area (Å²) in [7, 11) is 1.60. The second kappa shape index (κ2) is 4.80. The van der Waals surface area contributed by atoms with Crippen molar-refractivity contribution < 1.29 is 9.53 Å². The molecule has 5 nitrogen and oxygen atoms in total. The minimum atomic E-state index is -0.139. The summed E-state index contributed by atoms with van der Waals surface area (Å²) in [6.45, 7) is 0.375. The van der Waals surface area contributed by atoms with E-state index in [-0.39, 0.29) is 18.1 Å². The summed E-state index contributed by atoms with van der Waals surface area (Å²) in [5, 5.41) is 8.82. The molecule has 0 fully saturated rings. The Morgan fingerprint density at radius 1 is 1.44 bits per heavy atom. The van der Waals surface area contributed by atoms with Gasteiger partial charge in [-0.1, -0.05) is 12.1 Å². The molecule has 0 radical (unpaired) electrons. The first-order valence-corrected chi connectivity index (χ1v) is 5.47. The predicted molar refractivity (Wildman–Crippen MR) is 65.0 cm³/mol. The third kappa shape index (κ3) is 2.13. The van der Waals surface area contributed by atoms with E-state index in [4.69, 9.17) is 15.7 Å². The molecule has 1 heterocycles. The molecular weight excluding hydrogens is 230 g/mol. The van der Waals surface area contributed by atoms with Crippen molar-refractivity contribution in [3.8, 4) is 11.8 Å². The summed E-state index contributed by atoms with van der Waals surface area (Å²) >= 11 is 0. The Morgan fingerprint density at radius 2 is 2.11 bits per heavy atom. The molecule has 0 bridgehead atoms. The van der Waals surface area contributed by atoms with Crippen LogP contribution in [0, 0.1) is 11.3 Å². The van der Waals surface area contributed by atoms with Crippen LogP contribution in [-0.4, -0.2) is 17.9 Å². The lowest BCUT2D eigenvalue weighted by Gasteiger charge is -2.17. The Hall–Kier alpha value is -2.48. The van der Waals surface area contributed by atoms with Crippen molar-refractivity contribution in [2.45, 2.75) is 13.0 Å². The van der Waals surface area contributed by atoms with Crippen LogP contribution in [0.3, 0.4) is 0 Å². The topological polar surface area (TPSA) is 79.3 Å². The van der Waals surface area contributed by atoms with Crippen LogP contribution in [0.4, 0.5) is 0 Å². The summed E-state index contributed by atoms with van der Waals surface area (Å²) in [5.74, 6) is 0.880. The van der Waals surface area contributed by atoms with Gasteiger partial charge in [0.1, 0.15) is 11.6 Å². The van der Waals surface area contributed by atoms with E-state index in [9.17, 15) is 4.79 Å². The highest BCUT2D eigenvalue weighted by molar-refractivity contribution is 5.85. The van der Waals surface area contributed by atoms with Gasteiger partial charge in [-0.3, -0.25) is 9.69 Å². The van der Waals surface area contributed by atoms with Crippen molar-refractivity contribution in [1.82, 2.24) is 4.90 Å². The lowest BCUT2D eigenvalue weighted by Crippen LogP contribution is -2.28. The second-order valence-electron chi connectivity index (χ2n) is 3.98. The average Bonchev–Trinajstić information content (AvgIpc) is 2.67. The van der Waals surface area contributed by atoms with Crippen LogP contribution in [0.15, 0.2) is 35.7 Å². The number of nitriles is 1. The maximum Gasteiger partial charge on any atom is 0.233 e. The number of rotatable bonds is 3. The number of nitrogens with zero attached hydrogens (tertiary/aromatic N) is 2. The number of nitrogens with two attached hydrogens (primary N) is 1. The van der Waals surface area contributed by atoms with E-state index >= 15 is 0 Å². The normalized spacial score (nSPS) is 14.9. The standard InChI is InChI=1S/C13H13N3O2/c1-18-11-4-2-9(3-5-11)8-16-12(17)6-10(7-14)13(16)15/h2-5H,6,8,15H2,1H3. The number of amides is 1. The van der Waals surface area contributed by atoms with E-state index in [2.05, 4.69) is 0 Å². The SMILES string of the molecule is COc1ccc(CN2C(=O)CC(C#N)=C2N)cc1. The second-order valence-corrected chi connectivity index (χ2v) is 3.98. The molecule has 1 amide bonds. The maximum absolute atomic E-state index is 11.7. The summed E-state index contributed by atoms with van der Waals surface area (Å²) in [5.41, 5.74) is 7.04. The largest absolute Gasteiger partial charge is 0.497 e. The van der Waals surface area contributed by atoms with Crippen LogP contribution in [0.5, 0.6) is 5.75 Å². The van der Waals surface area contributed by atoms with Gasteiger partial charge in [0.05, 0.1) is 31.7 Å². The van der Waals surface area contributed by atoms with Gasteiger partial charge in [0.25, 0.3) is 0 Å². The molecule has 0 saturated carbocycles. The molecule has 0 aromatic heterocycles. The molecule has 0 spiro atoms. The van der Waals surface area contributed by atoms with Crippen LogP contribution >= 0.6 is 0 Å². The summed E-state index contributed by atoms with van der Waals surface area (Å²) in [6, 6.07) is 9.32. The highest BCUT2D eigenvalue weighted by atomic mass is 16.5. The van der Waals surface area contributed by atoms with Crippen molar-refractivity contribution in [3.05, 3.63) is 41.2 Å². The van der Waals surface area contributed by atoms with Crippen molar-refractivity contribution in [3.63, 3.8) is 0 Å². The molecule has 2 rings (SSSR count). The minimum Gasteiger partial charge on any atom is -0.497 e. The highest BCUT2D eigenvalue weighted by Gasteiger charge is 2.28. The Morgan fingerprint density at radius 3 is 2.61 bits per heavy atom. The van der Waals surface area contributed by atoms with E-state index in [0.717, 1.165) is 11.3 Å². The first kappa shape index (κ1) is 12.0. The fraction of sp³-hybridized carbons (Fsp3) is 0.231. The third-order valence-electron chi connectivity index (χ3n) is 2.86. The van der Waals surface area contributed by atoms with Crippen LogP contribution in [0.25, 0.3) is 0 Å². The van der Waals surface area contributed by atoms with E-state index in [1.807, 2.05) is 30.3 Å². The van der Waals surface area contributed by atoms with Crippen molar-refractivity contribution >= 4 is 5.91 Å². The zero-order valence-electron chi connectivity index (χ0n) is 10.0. The van der Waals surface area contributed by atoms with E-state index in [1.54, 1.807) is 7.11 Å². The van der Waals surface area contributed by atoms with Crippen LogP contribution in [0.2, 0.25) is 0 Å². The molecular formula is C13H13N3O2. The summed E-state index contributed by atoms with van der Waals surface area (Å²) in [6.07, 6.45) is 0.0957. The van der Waals surface area contributed by atoms with Gasteiger partial charge in [-0.2, -0.15) is 5.26 Å². The molecule has 5 heteroatoms. The fourth-order valence-electron chi connectivity index (χ4n) is 1.82. The molecule has 0 atom stereocenters. The zero-order valence-corrected chi connectivity index (χ0v) is 10.0. The lowest BCUT2D eigenvalue weighted by molar-refractivity contribution is -0.127. The third-order valence-corrected chi connectivity index (χ3v) is 2.86. The molecule has 1 aromatic carbocycles. The molecule has 2 N–H and O–H groups in total. The van der Waals surface area contributed by atoms with Gasteiger partial charge in [-0.05, 0) is 17.7 Å². The lowest BCUT2D eigenvalue weighted by atomic mass is 10.2. The molecule has 18 heavy (non-hydrogen) atoms. The number of ether oxygens (including phenoxy) is 1. The number of carbonyl (C=O) groups is 1. The molecule has 0 saturated heterocycles.